The van der Waals surface area contributed by atoms with E-state index in [2.05, 4.69) is 125 Å². The van der Waals surface area contributed by atoms with Crippen molar-refractivity contribution in [1.29, 1.82) is 0 Å². The minimum absolute atomic E-state index is 0.0211. The number of benzene rings is 1. The highest BCUT2D eigenvalue weighted by atomic mass is 79.9. The fourth-order valence-electron chi connectivity index (χ4n) is 13.8. The van der Waals surface area contributed by atoms with Gasteiger partial charge in [-0.2, -0.15) is 0 Å². The molecular weight excluding hydrogens is 1170 g/mol. The summed E-state index contributed by atoms with van der Waals surface area (Å²) in [6.45, 7) is 41.9. The first-order valence-electron chi connectivity index (χ1n) is 31.9. The summed E-state index contributed by atoms with van der Waals surface area (Å²) in [6.07, 6.45) is 3.17. The summed E-state index contributed by atoms with van der Waals surface area (Å²) in [5, 5.41) is 0.00586. The van der Waals surface area contributed by atoms with Gasteiger partial charge in [0.1, 0.15) is 42.4 Å². The second-order valence-electron chi connectivity index (χ2n) is 28.8. The van der Waals surface area contributed by atoms with Gasteiger partial charge < -0.3 is 55.9 Å². The molecule has 83 heavy (non-hydrogen) atoms. The fraction of sp³-hybridized carbons (Fsp3) is 0.815. The number of methoxy groups -OCH3 is 1. The van der Waals surface area contributed by atoms with Gasteiger partial charge in [0.25, 0.3) is 0 Å². The Morgan fingerprint density at radius 2 is 1.45 bits per heavy atom. The van der Waals surface area contributed by atoms with Crippen molar-refractivity contribution in [3.05, 3.63) is 59.1 Å². The van der Waals surface area contributed by atoms with E-state index in [-0.39, 0.29) is 120 Å². The van der Waals surface area contributed by atoms with Gasteiger partial charge in [0.2, 0.25) is 0 Å². The molecule has 8 saturated heterocycles. The lowest BCUT2D eigenvalue weighted by Crippen LogP contribution is -2.61. The number of halogens is 1. The van der Waals surface area contributed by atoms with E-state index in [1.54, 1.807) is 19.2 Å². The Labute approximate surface area is 511 Å². The fourth-order valence-corrected chi connectivity index (χ4v) is 19.2. The molecule has 470 valence electrons. The van der Waals surface area contributed by atoms with Crippen LogP contribution in [0.1, 0.15) is 163 Å². The molecule has 8 aliphatic rings. The smallest absolute Gasteiger partial charge is 0.338 e. The Balaban J connectivity index is 0.982. The molecule has 1 aromatic carbocycles. The van der Waals surface area contributed by atoms with Crippen molar-refractivity contribution in [2.45, 2.75) is 304 Å². The second-order valence-corrected chi connectivity index (χ2v) is 44.2. The summed E-state index contributed by atoms with van der Waals surface area (Å²) in [5.41, 5.74) is 1.57. The van der Waals surface area contributed by atoms with Crippen LogP contribution in [0.3, 0.4) is 0 Å². The molecule has 0 radical (unpaired) electrons. The van der Waals surface area contributed by atoms with Crippen molar-refractivity contribution in [1.82, 2.24) is 0 Å². The quantitative estimate of drug-likeness (QED) is 0.0325. The zero-order valence-electron chi connectivity index (χ0n) is 53.4. The first-order chi connectivity index (χ1) is 39.0. The summed E-state index contributed by atoms with van der Waals surface area (Å²) in [6, 6.07) is 12.5. The van der Waals surface area contributed by atoms with Crippen LogP contribution in [0.5, 0.6) is 0 Å². The van der Waals surface area contributed by atoms with Crippen molar-refractivity contribution in [2.75, 3.05) is 20.3 Å². The van der Waals surface area contributed by atoms with E-state index in [9.17, 15) is 9.59 Å². The van der Waals surface area contributed by atoms with Crippen LogP contribution in [-0.4, -0.2) is 154 Å². The van der Waals surface area contributed by atoms with E-state index in [1.165, 1.54) is 0 Å². The number of rotatable bonds is 29. The molecule has 18 atom stereocenters. The zero-order valence-corrected chi connectivity index (χ0v) is 58.0. The topological polar surface area (TPSA) is 145 Å². The minimum atomic E-state index is -2.28. The summed E-state index contributed by atoms with van der Waals surface area (Å²) >= 11 is 3.51. The van der Waals surface area contributed by atoms with Crippen LogP contribution in [0.25, 0.3) is 0 Å². The van der Waals surface area contributed by atoms with Crippen LogP contribution in [0.15, 0.2) is 53.5 Å². The average molecular weight is 1280 g/mol. The van der Waals surface area contributed by atoms with Crippen LogP contribution in [-0.2, 0) is 60.7 Å². The van der Waals surface area contributed by atoms with E-state index < -0.39 is 49.1 Å². The zero-order chi connectivity index (χ0) is 60.5. The molecule has 0 aromatic heterocycles. The molecule has 0 spiro atoms. The normalized spacial score (nSPS) is 34.4. The molecule has 8 heterocycles. The summed E-state index contributed by atoms with van der Waals surface area (Å²) in [7, 11) is -4.35. The van der Waals surface area contributed by atoms with E-state index >= 15 is 0 Å². The lowest BCUT2D eigenvalue weighted by atomic mass is 9.81. The molecule has 0 N–H and O–H groups in total. The summed E-state index contributed by atoms with van der Waals surface area (Å²) in [4.78, 5) is 28.2. The van der Waals surface area contributed by atoms with Gasteiger partial charge in [-0.05, 0) is 121 Å². The highest BCUT2D eigenvalue weighted by molar-refractivity contribution is 9.11. The monoisotopic (exact) mass is 1270 g/mol. The maximum Gasteiger partial charge on any atom is 0.338 e. The predicted octanol–water partition coefficient (Wildman–Crippen LogP) is 14.3. The highest BCUT2D eigenvalue weighted by Crippen LogP contribution is 2.54. The third-order valence-electron chi connectivity index (χ3n) is 21.1. The largest absolute Gasteiger partial charge is 0.458 e. The first-order valence-corrected chi connectivity index (χ1v) is 41.1. The van der Waals surface area contributed by atoms with E-state index in [4.69, 9.17) is 55.9 Å². The molecule has 0 amide bonds. The highest BCUT2D eigenvalue weighted by Gasteiger charge is 2.69. The third kappa shape index (κ3) is 15.9. The van der Waals surface area contributed by atoms with Gasteiger partial charge in [-0.15, -0.1) is 0 Å². The van der Waals surface area contributed by atoms with Crippen molar-refractivity contribution < 1.29 is 65.5 Å². The van der Waals surface area contributed by atoms with E-state index in [0.717, 1.165) is 60.5 Å². The number of Topliss-reactive ketones (excluding diaryl/α,β-unsaturated/α-hetero) is 1. The second kappa shape index (κ2) is 27.7. The van der Waals surface area contributed by atoms with Crippen LogP contribution >= 0.6 is 15.9 Å². The average Bonchev–Trinajstić information content (AvgIpc) is 1.66. The Bertz CT molecular complexity index is 2330. The van der Waals surface area contributed by atoms with Crippen LogP contribution in [0, 0.1) is 11.8 Å². The van der Waals surface area contributed by atoms with Crippen molar-refractivity contribution in [3.63, 3.8) is 0 Å². The van der Waals surface area contributed by atoms with Crippen molar-refractivity contribution in [3.8, 4) is 0 Å². The molecule has 1 aromatic rings. The molecule has 9 rings (SSSR count). The van der Waals surface area contributed by atoms with Gasteiger partial charge in [-0.1, -0.05) is 117 Å². The number of fused-ring (bicyclic) bond motifs is 1. The lowest BCUT2D eigenvalue weighted by molar-refractivity contribution is -0.292. The van der Waals surface area contributed by atoms with E-state index in [1.807, 2.05) is 18.2 Å². The Morgan fingerprint density at radius 3 is 2.10 bits per heavy atom. The number of ether oxygens (including phenoxy) is 9. The van der Waals surface area contributed by atoms with Crippen LogP contribution < -0.4 is 0 Å². The van der Waals surface area contributed by atoms with Gasteiger partial charge in [0.05, 0.1) is 67.1 Å². The summed E-state index contributed by atoms with van der Waals surface area (Å²) in [5.74, 6) is -1.25. The lowest BCUT2D eigenvalue weighted by Gasteiger charge is -2.47. The Morgan fingerprint density at radius 1 is 0.783 bits per heavy atom. The summed E-state index contributed by atoms with van der Waals surface area (Å²) < 4.78 is 83.3. The number of hydrogen-bond acceptors (Lipinski definition) is 14. The Kier molecular flexibility index (Phi) is 22.5. The molecular formula is C65H107BrO14Si3. The SMILES string of the molecule is C=C(Br)C[C@@H](CCC12CC3OC4C(OC5CCC(CC(=O)C[C@@H]6[C@@H](OC)[C@@H](C[C@@H](CO[Si](C)(C)C(C)(C)C)O[Si](C)(C)C(C)(C)C)O[C@H]6C[C@H]6O[C@@H](CCCO[Si](CC)(CC)CC)C[C@@H](C)C6=C)OC5C4O1)C3O2)OC(=O)c1ccccc1. The van der Waals surface area contributed by atoms with Gasteiger partial charge in [-0.25, -0.2) is 4.79 Å². The molecule has 18 heteroatoms. The molecule has 14 nitrogen and oxygen atoms in total. The van der Waals surface area contributed by atoms with Crippen LogP contribution in [0.4, 0.5) is 0 Å². The maximum atomic E-state index is 15.0. The number of hydrogen-bond donors (Lipinski definition) is 0. The Hall–Kier alpha value is -1.47. The maximum absolute atomic E-state index is 15.0. The van der Waals surface area contributed by atoms with Gasteiger partial charge in [-0.3, -0.25) is 4.79 Å². The third-order valence-corrected chi connectivity index (χ3v) is 35.1. The first kappa shape index (κ1) is 67.5. The standard InChI is InChI=1S/C65H107BrO14Si3/c1-18-83(19-2,20-3)70-32-24-27-46-33-41(4)43(6)52(72-46)38-53-50(56(69-13)54(75-53)37-49(80-82(16,17)64(10,11)12)40-71-81(14,15)63(7,8)9)36-45(67)35-47-28-29-51-57(73-47)61-60-59(76-51)58-55(77-60)39-65(78-58,79-61)31-30-48(34-42(5)66)74-62(68)44-25-22-21-23-26-44/h21-23,25-26,41,46-61H,5-6,18-20,24,27-40H2,1-4,7-17H3/t41-,46+,47?,48-,49+,50+,51?,52-,53+,54-,55?,56-,57?,58?,59?,60?,61?,65?/m1/s1. The van der Waals surface area contributed by atoms with Gasteiger partial charge in [0.15, 0.2) is 30.7 Å². The number of carbonyl (C=O) groups is 2. The molecule has 8 aliphatic heterocycles. The van der Waals surface area contributed by atoms with Gasteiger partial charge >= 0.3 is 5.97 Å². The number of carbonyl (C=O) groups excluding carboxylic acids is 2. The van der Waals surface area contributed by atoms with E-state index in [0.29, 0.717) is 57.1 Å². The van der Waals surface area contributed by atoms with Crippen molar-refractivity contribution in [2.24, 2.45) is 11.8 Å². The van der Waals surface area contributed by atoms with Gasteiger partial charge in [0, 0.05) is 64.6 Å². The molecule has 0 saturated carbocycles. The van der Waals surface area contributed by atoms with Crippen LogP contribution in [0.2, 0.25) is 54.4 Å². The number of ketones is 1. The predicted molar refractivity (Wildman–Crippen MR) is 335 cm³/mol. The van der Waals surface area contributed by atoms with Crippen molar-refractivity contribution >= 4 is 52.6 Å². The molecule has 9 unspecified atom stereocenters. The minimum Gasteiger partial charge on any atom is -0.458 e. The number of esters is 1. The molecule has 6 bridgehead atoms. The molecule has 8 fully saturated rings. The molecule has 0 aliphatic carbocycles.